The predicted octanol–water partition coefficient (Wildman–Crippen LogP) is 4.01. The molecule has 0 aliphatic carbocycles. The van der Waals surface area contributed by atoms with Crippen molar-refractivity contribution in [2.45, 2.75) is 33.6 Å². The molecule has 11 heavy (non-hydrogen) atoms. The summed E-state index contributed by atoms with van der Waals surface area (Å²) in [4.78, 5) is 0. The minimum atomic E-state index is 0.423. The third-order valence-corrected chi connectivity index (χ3v) is 2.91. The monoisotopic (exact) mass is 218 g/mol. The second-order valence-electron chi connectivity index (χ2n) is 4.08. The molecular weight excluding hydrogens is 200 g/mol. The average molecular weight is 219 g/mol. The van der Waals surface area contributed by atoms with E-state index in [4.69, 9.17) is 0 Å². The summed E-state index contributed by atoms with van der Waals surface area (Å²) in [6.07, 6.45) is 4.38. The van der Waals surface area contributed by atoms with E-state index in [-0.39, 0.29) is 0 Å². The van der Waals surface area contributed by atoms with E-state index in [2.05, 4.69) is 43.3 Å². The van der Waals surface area contributed by atoms with Crippen molar-refractivity contribution in [1.29, 1.82) is 0 Å². The molecule has 0 aromatic heterocycles. The maximum atomic E-state index is 3.73. The highest BCUT2D eigenvalue weighted by Crippen LogP contribution is 2.31. The number of alkyl halides is 1. The number of hydrogen-bond donors (Lipinski definition) is 0. The van der Waals surface area contributed by atoms with Crippen LogP contribution < -0.4 is 0 Å². The predicted molar refractivity (Wildman–Crippen MR) is 56.2 cm³/mol. The lowest BCUT2D eigenvalue weighted by molar-refractivity contribution is 0.255. The van der Waals surface area contributed by atoms with Gasteiger partial charge in [0.1, 0.15) is 0 Å². The van der Waals surface area contributed by atoms with Gasteiger partial charge in [-0.15, -0.1) is 6.58 Å². The minimum Gasteiger partial charge on any atom is -0.103 e. The third-order valence-electron chi connectivity index (χ3n) is 2.13. The Kier molecular flexibility index (Phi) is 5.07. The molecule has 0 heterocycles. The Morgan fingerprint density at radius 1 is 1.45 bits per heavy atom. The Hall–Kier alpha value is 0.220. The SMILES string of the molecule is C=CCCC(CBr)C(C)(C)C. The number of rotatable bonds is 4. The van der Waals surface area contributed by atoms with Gasteiger partial charge in [-0.3, -0.25) is 0 Å². The van der Waals surface area contributed by atoms with Gasteiger partial charge < -0.3 is 0 Å². The minimum absolute atomic E-state index is 0.423. The maximum absolute atomic E-state index is 3.73. The summed E-state index contributed by atoms with van der Waals surface area (Å²) in [5.74, 6) is 0.764. The fraction of sp³-hybridized carbons (Fsp3) is 0.800. The normalized spacial score (nSPS) is 14.5. The maximum Gasteiger partial charge on any atom is 0.00647 e. The van der Waals surface area contributed by atoms with Crippen LogP contribution in [0.1, 0.15) is 33.6 Å². The standard InChI is InChI=1S/C10H19Br/c1-5-6-7-9(8-11)10(2,3)4/h5,9H,1,6-8H2,2-4H3. The zero-order valence-corrected chi connectivity index (χ0v) is 9.45. The molecule has 0 nitrogen and oxygen atoms in total. The lowest BCUT2D eigenvalue weighted by atomic mass is 9.79. The molecule has 0 saturated heterocycles. The molecule has 0 saturated carbocycles. The average Bonchev–Trinajstić information content (AvgIpc) is 1.87. The number of halogens is 1. The summed E-state index contributed by atoms with van der Waals surface area (Å²) in [7, 11) is 0. The zero-order chi connectivity index (χ0) is 8.91. The molecule has 66 valence electrons. The van der Waals surface area contributed by atoms with Gasteiger partial charge in [0, 0.05) is 5.33 Å². The summed E-state index contributed by atoms with van der Waals surface area (Å²) in [6.45, 7) is 10.6. The Balaban J connectivity index is 3.85. The van der Waals surface area contributed by atoms with Crippen molar-refractivity contribution in [3.63, 3.8) is 0 Å². The first kappa shape index (κ1) is 11.2. The van der Waals surface area contributed by atoms with Gasteiger partial charge in [0.2, 0.25) is 0 Å². The molecule has 0 radical (unpaired) electrons. The van der Waals surface area contributed by atoms with Crippen molar-refractivity contribution in [3.8, 4) is 0 Å². The highest BCUT2D eigenvalue weighted by molar-refractivity contribution is 9.09. The molecule has 0 N–H and O–H groups in total. The molecule has 0 aliphatic heterocycles. The molecule has 0 aliphatic rings. The summed E-state index contributed by atoms with van der Waals surface area (Å²) in [5.41, 5.74) is 0.423. The molecule has 1 unspecified atom stereocenters. The van der Waals surface area contributed by atoms with E-state index in [1.807, 2.05) is 6.08 Å². The summed E-state index contributed by atoms with van der Waals surface area (Å²) in [6, 6.07) is 0. The van der Waals surface area contributed by atoms with Crippen LogP contribution >= 0.6 is 15.9 Å². The molecule has 0 fully saturated rings. The van der Waals surface area contributed by atoms with Gasteiger partial charge in [-0.1, -0.05) is 42.8 Å². The number of hydrogen-bond acceptors (Lipinski definition) is 0. The summed E-state index contributed by atoms with van der Waals surface area (Å²) < 4.78 is 0. The Morgan fingerprint density at radius 3 is 2.27 bits per heavy atom. The molecule has 0 aromatic carbocycles. The van der Waals surface area contributed by atoms with Gasteiger partial charge in [-0.05, 0) is 24.2 Å². The highest BCUT2D eigenvalue weighted by atomic mass is 79.9. The van der Waals surface area contributed by atoms with E-state index in [0.29, 0.717) is 5.41 Å². The van der Waals surface area contributed by atoms with Crippen LogP contribution in [0, 0.1) is 11.3 Å². The van der Waals surface area contributed by atoms with Gasteiger partial charge >= 0.3 is 0 Å². The van der Waals surface area contributed by atoms with E-state index >= 15 is 0 Å². The highest BCUT2D eigenvalue weighted by Gasteiger charge is 2.22. The molecule has 0 rings (SSSR count). The molecule has 1 heteroatoms. The van der Waals surface area contributed by atoms with Crippen molar-refractivity contribution >= 4 is 15.9 Å². The Morgan fingerprint density at radius 2 is 2.00 bits per heavy atom. The van der Waals surface area contributed by atoms with Crippen LogP contribution in [0.4, 0.5) is 0 Å². The van der Waals surface area contributed by atoms with Crippen LogP contribution in [-0.2, 0) is 0 Å². The lowest BCUT2D eigenvalue weighted by Crippen LogP contribution is -2.21. The van der Waals surface area contributed by atoms with Gasteiger partial charge in [0.15, 0.2) is 0 Å². The van der Waals surface area contributed by atoms with Crippen LogP contribution in [0.25, 0.3) is 0 Å². The van der Waals surface area contributed by atoms with Crippen LogP contribution in [-0.4, -0.2) is 5.33 Å². The van der Waals surface area contributed by atoms with Gasteiger partial charge in [-0.25, -0.2) is 0 Å². The van der Waals surface area contributed by atoms with Gasteiger partial charge in [0.05, 0.1) is 0 Å². The van der Waals surface area contributed by atoms with Gasteiger partial charge in [0.25, 0.3) is 0 Å². The first-order valence-corrected chi connectivity index (χ1v) is 5.31. The second-order valence-corrected chi connectivity index (χ2v) is 4.73. The Labute approximate surface area is 79.2 Å². The topological polar surface area (TPSA) is 0 Å². The van der Waals surface area contributed by atoms with Crippen molar-refractivity contribution < 1.29 is 0 Å². The molecule has 1 atom stereocenters. The van der Waals surface area contributed by atoms with E-state index in [1.165, 1.54) is 6.42 Å². The molecule has 0 spiro atoms. The summed E-state index contributed by atoms with van der Waals surface area (Å²) in [5, 5.41) is 1.10. The fourth-order valence-corrected chi connectivity index (χ4v) is 2.36. The van der Waals surface area contributed by atoms with Crippen LogP contribution in [0.5, 0.6) is 0 Å². The molecule has 0 aromatic rings. The lowest BCUT2D eigenvalue weighted by Gasteiger charge is -2.28. The van der Waals surface area contributed by atoms with Gasteiger partial charge in [-0.2, -0.15) is 0 Å². The van der Waals surface area contributed by atoms with E-state index < -0.39 is 0 Å². The molecule has 0 bridgehead atoms. The smallest absolute Gasteiger partial charge is 0.00647 e. The first-order chi connectivity index (χ1) is 5.02. The van der Waals surface area contributed by atoms with Crippen molar-refractivity contribution in [2.75, 3.05) is 5.33 Å². The van der Waals surface area contributed by atoms with E-state index in [0.717, 1.165) is 17.7 Å². The van der Waals surface area contributed by atoms with E-state index in [9.17, 15) is 0 Å². The fourth-order valence-electron chi connectivity index (χ4n) is 1.06. The quantitative estimate of drug-likeness (QED) is 0.495. The second kappa shape index (κ2) is 4.97. The third kappa shape index (κ3) is 4.62. The van der Waals surface area contributed by atoms with E-state index in [1.54, 1.807) is 0 Å². The Bertz CT molecular complexity index is 111. The van der Waals surface area contributed by atoms with Crippen molar-refractivity contribution in [3.05, 3.63) is 12.7 Å². The zero-order valence-electron chi connectivity index (χ0n) is 7.86. The summed E-state index contributed by atoms with van der Waals surface area (Å²) >= 11 is 3.55. The molecular formula is C10H19Br. The number of allylic oxidation sites excluding steroid dienone is 1. The first-order valence-electron chi connectivity index (χ1n) is 4.19. The largest absolute Gasteiger partial charge is 0.103 e. The van der Waals surface area contributed by atoms with Crippen molar-refractivity contribution in [1.82, 2.24) is 0 Å². The van der Waals surface area contributed by atoms with Crippen LogP contribution in [0.15, 0.2) is 12.7 Å². The van der Waals surface area contributed by atoms with Crippen LogP contribution in [0.3, 0.4) is 0 Å². The van der Waals surface area contributed by atoms with Crippen molar-refractivity contribution in [2.24, 2.45) is 11.3 Å². The molecule has 0 amide bonds. The van der Waals surface area contributed by atoms with Crippen LogP contribution in [0.2, 0.25) is 0 Å².